The van der Waals surface area contributed by atoms with Crippen molar-refractivity contribution in [3.05, 3.63) is 118 Å². The Balaban J connectivity index is 2.39. The zero-order chi connectivity index (χ0) is 46.1. The summed E-state index contributed by atoms with van der Waals surface area (Å²) in [4.78, 5) is 63.5. The quantitative estimate of drug-likeness (QED) is 0.118. The van der Waals surface area contributed by atoms with Gasteiger partial charge in [0.1, 0.15) is 17.2 Å². The molecule has 0 saturated heterocycles. The Hall–Kier alpha value is -5.06. The molecular formula is C49H69N3O8. The number of Topliss-reactive ketones (excluding diaryl/α,β-unsaturated/α-hetero) is 1. The van der Waals surface area contributed by atoms with E-state index in [0.29, 0.717) is 54.8 Å². The number of carbonyl (C=O) groups excluding carboxylic acids is 1. The lowest BCUT2D eigenvalue weighted by Crippen LogP contribution is -2.50. The average molecular weight is 828 g/mol. The van der Waals surface area contributed by atoms with Crippen molar-refractivity contribution < 1.29 is 25.0 Å². The summed E-state index contributed by atoms with van der Waals surface area (Å²) in [5.41, 5.74) is -3.04. The Kier molecular flexibility index (Phi) is 12.3. The molecule has 5 N–H and O–H groups in total. The summed E-state index contributed by atoms with van der Waals surface area (Å²) in [6.07, 6.45) is -0.00556. The highest BCUT2D eigenvalue weighted by atomic mass is 16.7. The molecule has 60 heavy (non-hydrogen) atoms. The van der Waals surface area contributed by atoms with E-state index in [1.165, 1.54) is 0 Å². The van der Waals surface area contributed by atoms with Crippen molar-refractivity contribution in [1.82, 2.24) is 14.7 Å². The number of phenols is 3. The molecule has 0 aliphatic carbocycles. The van der Waals surface area contributed by atoms with Crippen LogP contribution in [-0.4, -0.2) is 42.4 Å². The molecule has 328 valence electrons. The van der Waals surface area contributed by atoms with Crippen molar-refractivity contribution in [2.45, 2.75) is 169 Å². The third-order valence-electron chi connectivity index (χ3n) is 11.3. The van der Waals surface area contributed by atoms with Crippen LogP contribution in [0, 0.1) is 0 Å². The number of carbonyl (C=O) groups is 1. The van der Waals surface area contributed by atoms with E-state index in [9.17, 15) is 29.7 Å². The minimum atomic E-state index is -1.71. The molecule has 0 fully saturated rings. The van der Waals surface area contributed by atoms with Gasteiger partial charge >= 0.3 is 17.1 Å². The predicted octanol–water partition coefficient (Wildman–Crippen LogP) is 8.35. The predicted molar refractivity (Wildman–Crippen MR) is 239 cm³/mol. The molecule has 0 bridgehead atoms. The van der Waals surface area contributed by atoms with Gasteiger partial charge in [-0.05, 0) is 89.0 Å². The fourth-order valence-corrected chi connectivity index (χ4v) is 7.87. The van der Waals surface area contributed by atoms with Crippen LogP contribution in [0.25, 0.3) is 0 Å². The van der Waals surface area contributed by atoms with Crippen LogP contribution in [0.4, 0.5) is 0 Å². The summed E-state index contributed by atoms with van der Waals surface area (Å²) in [5.74, 6) is -0.179. The molecule has 0 unspecified atom stereocenters. The minimum Gasteiger partial charge on any atom is -0.507 e. The van der Waals surface area contributed by atoms with E-state index in [1.807, 2.05) is 171 Å². The van der Waals surface area contributed by atoms with Crippen LogP contribution in [0.1, 0.15) is 175 Å². The summed E-state index contributed by atoms with van der Waals surface area (Å²) in [6, 6.07) is 11.3. The molecule has 4 aromatic rings. The zero-order valence-electron chi connectivity index (χ0n) is 39.2. The van der Waals surface area contributed by atoms with Crippen LogP contribution < -0.4 is 21.9 Å². The van der Waals surface area contributed by atoms with Crippen LogP contribution in [0.15, 0.2) is 50.8 Å². The topological polar surface area (TPSA) is 175 Å². The fourth-order valence-electron chi connectivity index (χ4n) is 7.87. The molecule has 0 atom stereocenters. The first-order valence-corrected chi connectivity index (χ1v) is 20.7. The highest BCUT2D eigenvalue weighted by Gasteiger charge is 2.46. The molecule has 11 nitrogen and oxygen atoms in total. The van der Waals surface area contributed by atoms with E-state index in [4.69, 9.17) is 4.84 Å². The third-order valence-corrected chi connectivity index (χ3v) is 11.3. The monoisotopic (exact) mass is 828 g/mol. The molecule has 1 aromatic heterocycles. The number of rotatable bonds is 8. The molecule has 0 saturated carbocycles. The normalized spacial score (nSPS) is 13.4. The number of aromatic nitrogens is 3. The number of phenolic OH excluding ortho intramolecular Hbond substituents is 3. The number of nitrogens with one attached hydrogen (secondary N) is 2. The summed E-state index contributed by atoms with van der Waals surface area (Å²) in [5, 5.41) is 35.9. The second kappa shape index (κ2) is 15.4. The molecule has 0 amide bonds. The number of aromatic amines is 2. The Morgan fingerprint density at radius 3 is 1.03 bits per heavy atom. The Morgan fingerprint density at radius 2 is 0.767 bits per heavy atom. The number of ketones is 1. The van der Waals surface area contributed by atoms with Gasteiger partial charge in [0.25, 0.3) is 0 Å². The summed E-state index contributed by atoms with van der Waals surface area (Å²) in [7, 11) is 0. The maximum Gasteiger partial charge on any atom is 0.367 e. The first kappa shape index (κ1) is 47.6. The number of H-pyrrole nitrogens is 2. The number of hydrogen-bond donors (Lipinski definition) is 5. The molecule has 1 heterocycles. The van der Waals surface area contributed by atoms with Gasteiger partial charge in [-0.1, -0.05) is 166 Å². The Labute approximate surface area is 355 Å². The molecule has 0 aliphatic heterocycles. The van der Waals surface area contributed by atoms with Gasteiger partial charge in [-0.3, -0.25) is 14.8 Å². The molecule has 4 rings (SSSR count). The van der Waals surface area contributed by atoms with Crippen LogP contribution in [-0.2, 0) is 49.1 Å². The first-order chi connectivity index (χ1) is 26.9. The maximum atomic E-state index is 16.0. The van der Waals surface area contributed by atoms with E-state index >= 15 is 4.79 Å². The SMILES string of the molecule is CC(C)(C)c1cc(CC(C(=O)COn2c(=O)[nH]c(=O)[nH]c2=O)(c2cc(C(C)(C)C)c(O)c(C(C)(C)C)c2)c2cc(C(C)(C)C)c(O)c(C(C)(C)C)c2)cc(C(C)(C)C)c1O. The van der Waals surface area contributed by atoms with Gasteiger partial charge < -0.3 is 20.2 Å². The molecule has 0 spiro atoms. The molecule has 0 radical (unpaired) electrons. The van der Waals surface area contributed by atoms with Crippen LogP contribution in [0.3, 0.4) is 0 Å². The van der Waals surface area contributed by atoms with Crippen molar-refractivity contribution in [3.63, 3.8) is 0 Å². The lowest BCUT2D eigenvalue weighted by molar-refractivity contribution is -0.128. The van der Waals surface area contributed by atoms with Gasteiger partial charge in [-0.25, -0.2) is 14.4 Å². The van der Waals surface area contributed by atoms with Gasteiger partial charge in [0.15, 0.2) is 12.4 Å². The van der Waals surface area contributed by atoms with Gasteiger partial charge in [-0.15, -0.1) is 0 Å². The summed E-state index contributed by atoms with van der Waals surface area (Å²) < 4.78 is 0.315. The lowest BCUT2D eigenvalue weighted by atomic mass is 9.63. The van der Waals surface area contributed by atoms with Crippen LogP contribution >= 0.6 is 0 Å². The molecular weight excluding hydrogens is 759 g/mol. The average Bonchev–Trinajstić information content (AvgIpc) is 3.04. The van der Waals surface area contributed by atoms with Crippen LogP contribution in [0.5, 0.6) is 17.2 Å². The van der Waals surface area contributed by atoms with E-state index < -0.39 is 67.4 Å². The zero-order valence-corrected chi connectivity index (χ0v) is 39.2. The molecule has 11 heteroatoms. The Morgan fingerprint density at radius 1 is 0.500 bits per heavy atom. The smallest absolute Gasteiger partial charge is 0.367 e. The number of hydrogen-bond acceptors (Lipinski definition) is 8. The highest BCUT2D eigenvalue weighted by molar-refractivity contribution is 5.96. The van der Waals surface area contributed by atoms with Crippen molar-refractivity contribution in [2.75, 3.05) is 6.61 Å². The van der Waals surface area contributed by atoms with Crippen molar-refractivity contribution >= 4 is 5.78 Å². The van der Waals surface area contributed by atoms with Gasteiger partial charge in [0.05, 0.1) is 5.41 Å². The molecule has 3 aromatic carbocycles. The van der Waals surface area contributed by atoms with E-state index in [2.05, 4.69) is 0 Å². The van der Waals surface area contributed by atoms with E-state index in [-0.39, 0.29) is 23.7 Å². The minimum absolute atomic E-state index is 0.00556. The van der Waals surface area contributed by atoms with E-state index in [0.717, 1.165) is 0 Å². The first-order valence-electron chi connectivity index (χ1n) is 20.7. The van der Waals surface area contributed by atoms with Crippen molar-refractivity contribution in [3.8, 4) is 17.2 Å². The number of benzene rings is 3. The third kappa shape index (κ3) is 9.45. The number of nitrogens with zero attached hydrogens (tertiary/aromatic N) is 1. The largest absolute Gasteiger partial charge is 0.507 e. The van der Waals surface area contributed by atoms with Gasteiger partial charge in [0.2, 0.25) is 0 Å². The van der Waals surface area contributed by atoms with E-state index in [1.54, 1.807) is 0 Å². The van der Waals surface area contributed by atoms with Crippen LogP contribution in [0.2, 0.25) is 0 Å². The highest BCUT2D eigenvalue weighted by Crippen LogP contribution is 2.50. The molecule has 0 aliphatic rings. The summed E-state index contributed by atoms with van der Waals surface area (Å²) in [6.45, 7) is 35.1. The van der Waals surface area contributed by atoms with Gasteiger partial charge in [-0.2, -0.15) is 0 Å². The number of aromatic hydroxyl groups is 3. The maximum absolute atomic E-state index is 16.0. The standard InChI is InChI=1S/C49H69N3O8/c1-43(2,3)30-19-27(20-31(37(30)54)44(4,5)6)25-49(36(53)26-60-52-41(58)50-40(57)51-42(52)59,28-21-32(45(7,8)9)38(55)33(22-28)46(10,11)12)29-23-34(47(13,14)15)39(56)35(24-29)48(16,17)18/h19-24,54-56H,25-26H2,1-18H3,(H2,50,51,57,58,59). The second-order valence-corrected chi connectivity index (χ2v) is 22.6. The Bertz CT molecular complexity index is 2250. The van der Waals surface area contributed by atoms with Gasteiger partial charge in [0, 0.05) is 0 Å². The van der Waals surface area contributed by atoms with Crippen molar-refractivity contribution in [1.29, 1.82) is 0 Å². The van der Waals surface area contributed by atoms with Crippen molar-refractivity contribution in [2.24, 2.45) is 0 Å². The summed E-state index contributed by atoms with van der Waals surface area (Å²) >= 11 is 0. The second-order valence-electron chi connectivity index (χ2n) is 22.6. The fraction of sp³-hybridized carbons (Fsp3) is 0.551. The lowest BCUT2D eigenvalue weighted by Gasteiger charge is -2.39.